The Balaban J connectivity index is 1.38. The van der Waals surface area contributed by atoms with Gasteiger partial charge in [-0.25, -0.2) is 4.79 Å². The lowest BCUT2D eigenvalue weighted by Gasteiger charge is -2.35. The van der Waals surface area contributed by atoms with Crippen LogP contribution in [-0.2, 0) is 17.8 Å². The fraction of sp³-hybridized carbons (Fsp3) is 0.217. The average molecular weight is 440 g/mol. The maximum Gasteiger partial charge on any atom is 0.324 e. The van der Waals surface area contributed by atoms with Gasteiger partial charge in [-0.2, -0.15) is 0 Å². The summed E-state index contributed by atoms with van der Waals surface area (Å²) in [6, 6.07) is 18.9. The van der Waals surface area contributed by atoms with Crippen LogP contribution in [0.5, 0.6) is 0 Å². The highest BCUT2D eigenvalue weighted by Gasteiger charge is 2.26. The highest BCUT2D eigenvalue weighted by Crippen LogP contribution is 2.24. The number of hydrogen-bond donors (Lipinski definition) is 1. The van der Waals surface area contributed by atoms with Gasteiger partial charge in [0.2, 0.25) is 5.91 Å². The van der Waals surface area contributed by atoms with Gasteiger partial charge in [0.25, 0.3) is 0 Å². The molecule has 4 rings (SSSR count). The monoisotopic (exact) mass is 439 g/mol. The molecule has 0 atom stereocenters. The first kappa shape index (κ1) is 20.4. The Labute approximate surface area is 184 Å². The van der Waals surface area contributed by atoms with Crippen LogP contribution in [0.15, 0.2) is 66.0 Å². The van der Waals surface area contributed by atoms with Crippen molar-refractivity contribution in [3.05, 3.63) is 81.5 Å². The van der Waals surface area contributed by atoms with Crippen molar-refractivity contribution < 1.29 is 9.59 Å². The third kappa shape index (κ3) is 5.01. The van der Waals surface area contributed by atoms with Gasteiger partial charge >= 0.3 is 6.03 Å². The Morgan fingerprint density at radius 3 is 2.50 bits per heavy atom. The molecule has 30 heavy (non-hydrogen) atoms. The predicted molar refractivity (Wildman–Crippen MR) is 122 cm³/mol. The SMILES string of the molecule is O=C(Cc1cccs1)Nc1ccc(N2CCCN(Cc3ccc(Cl)cc3)C2=O)cc1. The molecule has 1 N–H and O–H groups in total. The molecule has 2 heterocycles. The number of carbonyl (C=O) groups is 2. The van der Waals surface area contributed by atoms with Gasteiger partial charge in [0.1, 0.15) is 0 Å². The molecule has 1 aliphatic heterocycles. The molecule has 0 bridgehead atoms. The number of urea groups is 1. The van der Waals surface area contributed by atoms with Crippen LogP contribution in [0.3, 0.4) is 0 Å². The Morgan fingerprint density at radius 1 is 1.03 bits per heavy atom. The first-order valence-corrected chi connectivity index (χ1v) is 11.1. The van der Waals surface area contributed by atoms with Crippen molar-refractivity contribution in [1.82, 2.24) is 4.90 Å². The van der Waals surface area contributed by atoms with E-state index in [-0.39, 0.29) is 11.9 Å². The van der Waals surface area contributed by atoms with Crippen molar-refractivity contribution in [2.75, 3.05) is 23.3 Å². The Morgan fingerprint density at radius 2 is 1.80 bits per heavy atom. The van der Waals surface area contributed by atoms with Gasteiger partial charge in [0.15, 0.2) is 0 Å². The van der Waals surface area contributed by atoms with Crippen LogP contribution in [0.25, 0.3) is 0 Å². The Hall–Kier alpha value is -2.83. The first-order valence-electron chi connectivity index (χ1n) is 9.82. The molecule has 0 radical (unpaired) electrons. The minimum atomic E-state index is -0.0478. The molecule has 2 aromatic carbocycles. The summed E-state index contributed by atoms with van der Waals surface area (Å²) in [5.74, 6) is -0.0478. The topological polar surface area (TPSA) is 52.7 Å². The number of amides is 3. The fourth-order valence-corrected chi connectivity index (χ4v) is 4.31. The lowest BCUT2D eigenvalue weighted by Crippen LogP contribution is -2.49. The van der Waals surface area contributed by atoms with Crippen LogP contribution in [0, 0.1) is 0 Å². The van der Waals surface area contributed by atoms with E-state index in [0.29, 0.717) is 24.5 Å². The summed E-state index contributed by atoms with van der Waals surface area (Å²) in [6.45, 7) is 1.97. The van der Waals surface area contributed by atoms with Crippen molar-refractivity contribution >= 4 is 46.3 Å². The number of halogens is 1. The lowest BCUT2D eigenvalue weighted by molar-refractivity contribution is -0.115. The quantitative estimate of drug-likeness (QED) is 0.557. The van der Waals surface area contributed by atoms with Gasteiger partial charge in [-0.15, -0.1) is 11.3 Å². The number of anilines is 2. The van der Waals surface area contributed by atoms with Crippen LogP contribution in [0.1, 0.15) is 16.9 Å². The second-order valence-corrected chi connectivity index (χ2v) is 8.66. The van der Waals surface area contributed by atoms with Gasteiger partial charge < -0.3 is 10.2 Å². The van der Waals surface area contributed by atoms with Gasteiger partial charge in [-0.05, 0) is 59.8 Å². The van der Waals surface area contributed by atoms with Gasteiger partial charge in [-0.3, -0.25) is 9.69 Å². The number of nitrogens with one attached hydrogen (secondary N) is 1. The van der Waals surface area contributed by atoms with Crippen molar-refractivity contribution in [3.8, 4) is 0 Å². The minimum Gasteiger partial charge on any atom is -0.326 e. The van der Waals surface area contributed by atoms with Crippen molar-refractivity contribution in [2.24, 2.45) is 0 Å². The number of rotatable bonds is 6. The van der Waals surface area contributed by atoms with Crippen molar-refractivity contribution in [1.29, 1.82) is 0 Å². The third-order valence-corrected chi connectivity index (χ3v) is 6.10. The fourth-order valence-electron chi connectivity index (χ4n) is 3.48. The minimum absolute atomic E-state index is 0.00863. The van der Waals surface area contributed by atoms with Crippen molar-refractivity contribution in [3.63, 3.8) is 0 Å². The zero-order chi connectivity index (χ0) is 20.9. The molecule has 5 nitrogen and oxygen atoms in total. The highest BCUT2D eigenvalue weighted by molar-refractivity contribution is 7.10. The van der Waals surface area contributed by atoms with Crippen LogP contribution >= 0.6 is 22.9 Å². The third-order valence-electron chi connectivity index (χ3n) is 4.98. The summed E-state index contributed by atoms with van der Waals surface area (Å²) < 4.78 is 0. The standard InChI is InChI=1S/C23H22ClN3O2S/c24-18-6-4-17(5-7-18)16-26-12-2-13-27(23(26)29)20-10-8-19(9-11-20)25-22(28)15-21-3-1-14-30-21/h1,3-11,14H,2,12-13,15-16H2,(H,25,28). The molecule has 0 unspecified atom stereocenters. The summed E-state index contributed by atoms with van der Waals surface area (Å²) in [4.78, 5) is 29.8. The molecular weight excluding hydrogens is 418 g/mol. The van der Waals surface area contributed by atoms with E-state index < -0.39 is 0 Å². The number of benzene rings is 2. The molecule has 1 aromatic heterocycles. The first-order chi connectivity index (χ1) is 14.6. The molecule has 3 aromatic rings. The van der Waals surface area contributed by atoms with E-state index in [4.69, 9.17) is 11.6 Å². The lowest BCUT2D eigenvalue weighted by atomic mass is 10.1. The number of thiophene rings is 1. The van der Waals surface area contributed by atoms with Crippen LogP contribution < -0.4 is 10.2 Å². The molecular formula is C23H22ClN3O2S. The van der Waals surface area contributed by atoms with E-state index in [2.05, 4.69) is 5.32 Å². The van der Waals surface area contributed by atoms with Gasteiger partial charge in [0, 0.05) is 40.9 Å². The molecule has 3 amide bonds. The highest BCUT2D eigenvalue weighted by atomic mass is 35.5. The van der Waals surface area contributed by atoms with Gasteiger partial charge in [0.05, 0.1) is 6.42 Å². The van der Waals surface area contributed by atoms with Crippen LogP contribution in [-0.4, -0.2) is 29.9 Å². The van der Waals surface area contributed by atoms with Crippen molar-refractivity contribution in [2.45, 2.75) is 19.4 Å². The van der Waals surface area contributed by atoms with Crippen LogP contribution in [0.2, 0.25) is 5.02 Å². The maximum absolute atomic E-state index is 13.0. The summed E-state index contributed by atoms with van der Waals surface area (Å²) in [5, 5.41) is 5.56. The normalized spacial score (nSPS) is 14.1. The molecule has 1 saturated heterocycles. The summed E-state index contributed by atoms with van der Waals surface area (Å²) >= 11 is 7.52. The maximum atomic E-state index is 13.0. The second kappa shape index (κ2) is 9.32. The largest absolute Gasteiger partial charge is 0.326 e. The van der Waals surface area contributed by atoms with E-state index in [1.54, 1.807) is 16.2 Å². The molecule has 1 fully saturated rings. The zero-order valence-corrected chi connectivity index (χ0v) is 18.0. The van der Waals surface area contributed by atoms with Crippen LogP contribution in [0.4, 0.5) is 16.2 Å². The molecule has 0 aliphatic carbocycles. The van der Waals surface area contributed by atoms with E-state index in [1.807, 2.05) is 70.9 Å². The number of carbonyl (C=O) groups excluding carboxylic acids is 2. The van der Waals surface area contributed by atoms with Gasteiger partial charge in [-0.1, -0.05) is 29.8 Å². The number of nitrogens with zero attached hydrogens (tertiary/aromatic N) is 2. The predicted octanol–water partition coefficient (Wildman–Crippen LogP) is 5.42. The Kier molecular flexibility index (Phi) is 6.35. The molecule has 0 saturated carbocycles. The average Bonchev–Trinajstić information content (AvgIpc) is 3.25. The zero-order valence-electron chi connectivity index (χ0n) is 16.4. The second-order valence-electron chi connectivity index (χ2n) is 7.19. The molecule has 7 heteroatoms. The molecule has 1 aliphatic rings. The van der Waals surface area contributed by atoms with E-state index in [1.165, 1.54) is 0 Å². The molecule has 154 valence electrons. The smallest absolute Gasteiger partial charge is 0.324 e. The number of hydrogen-bond acceptors (Lipinski definition) is 3. The van der Waals surface area contributed by atoms with E-state index in [9.17, 15) is 9.59 Å². The summed E-state index contributed by atoms with van der Waals surface area (Å²) in [7, 11) is 0. The summed E-state index contributed by atoms with van der Waals surface area (Å²) in [6.07, 6.45) is 1.27. The van der Waals surface area contributed by atoms with E-state index in [0.717, 1.165) is 34.8 Å². The Bertz CT molecular complexity index is 1000. The summed E-state index contributed by atoms with van der Waals surface area (Å²) in [5.41, 5.74) is 2.61. The van der Waals surface area contributed by atoms with E-state index >= 15 is 0 Å². The molecule has 0 spiro atoms.